The zero-order chi connectivity index (χ0) is 14.7. The summed E-state index contributed by atoms with van der Waals surface area (Å²) in [5, 5.41) is 3.52. The Balaban J connectivity index is 1.97. The molecule has 1 atom stereocenters. The zero-order valence-corrected chi connectivity index (χ0v) is 13.1. The van der Waals surface area contributed by atoms with Crippen LogP contribution < -0.4 is 5.32 Å². The molecule has 3 rings (SSSR count). The van der Waals surface area contributed by atoms with Gasteiger partial charge in [-0.25, -0.2) is 4.98 Å². The number of benzene rings is 1. The quantitative estimate of drug-likeness (QED) is 0.751. The summed E-state index contributed by atoms with van der Waals surface area (Å²) in [6.45, 7) is 2.07. The van der Waals surface area contributed by atoms with Gasteiger partial charge in [-0.3, -0.25) is 4.98 Å². The molecule has 1 unspecified atom stereocenters. The summed E-state index contributed by atoms with van der Waals surface area (Å²) < 4.78 is 1.05. The highest BCUT2D eigenvalue weighted by Crippen LogP contribution is 2.26. The number of halogens is 1. The van der Waals surface area contributed by atoms with Crippen LogP contribution >= 0.6 is 15.9 Å². The lowest BCUT2D eigenvalue weighted by molar-refractivity contribution is 0.848. The van der Waals surface area contributed by atoms with Gasteiger partial charge in [0.25, 0.3) is 0 Å². The smallest absolute Gasteiger partial charge is 0.133 e. The van der Waals surface area contributed by atoms with Crippen LogP contribution in [0.2, 0.25) is 0 Å². The van der Waals surface area contributed by atoms with E-state index in [1.54, 1.807) is 12.4 Å². The number of pyridine rings is 1. The molecule has 0 radical (unpaired) electrons. The summed E-state index contributed by atoms with van der Waals surface area (Å²) in [5.74, 6) is 0.862. The van der Waals surface area contributed by atoms with Gasteiger partial charge >= 0.3 is 0 Å². The van der Waals surface area contributed by atoms with Crippen LogP contribution in [0.15, 0.2) is 59.6 Å². The second-order valence-electron chi connectivity index (χ2n) is 4.86. The molecule has 4 nitrogen and oxygen atoms in total. The zero-order valence-electron chi connectivity index (χ0n) is 11.5. The van der Waals surface area contributed by atoms with E-state index < -0.39 is 0 Å². The topological polar surface area (TPSA) is 53.6 Å². The average molecular weight is 343 g/mol. The molecule has 0 saturated carbocycles. The molecule has 0 fully saturated rings. The van der Waals surface area contributed by atoms with Crippen molar-refractivity contribution in [2.24, 2.45) is 0 Å². The summed E-state index contributed by atoms with van der Waals surface area (Å²) >= 11 is 3.53. The molecule has 0 spiro atoms. The molecule has 0 aliphatic carbocycles. The van der Waals surface area contributed by atoms with E-state index in [2.05, 4.69) is 61.3 Å². The van der Waals surface area contributed by atoms with Crippen LogP contribution in [-0.2, 0) is 0 Å². The fourth-order valence-electron chi connectivity index (χ4n) is 2.28. The number of anilines is 1. The number of aryl methyl sites for hydroxylation is 1. The number of aromatic amines is 1. The maximum absolute atomic E-state index is 4.38. The number of hydrogen-bond acceptors (Lipinski definition) is 3. The standard InChI is InChI=1S/C16H15BrN4/c1-11-7-13(17)9-14(8-11)21-15(16-19-5-6-20-16)12-3-2-4-18-10-12/h2-10,15,21H,1H3,(H,19,20). The Morgan fingerprint density at radius 3 is 2.81 bits per heavy atom. The molecule has 0 bridgehead atoms. The lowest BCUT2D eigenvalue weighted by Crippen LogP contribution is -2.14. The van der Waals surface area contributed by atoms with E-state index >= 15 is 0 Å². The summed E-state index contributed by atoms with van der Waals surface area (Å²) in [6.07, 6.45) is 7.20. The van der Waals surface area contributed by atoms with Gasteiger partial charge in [-0.1, -0.05) is 22.0 Å². The van der Waals surface area contributed by atoms with E-state index in [1.165, 1.54) is 5.56 Å². The molecule has 3 aromatic rings. The molecule has 0 amide bonds. The van der Waals surface area contributed by atoms with Gasteiger partial charge in [-0.15, -0.1) is 0 Å². The lowest BCUT2D eigenvalue weighted by atomic mass is 10.1. The second kappa shape index (κ2) is 6.10. The molecule has 2 aromatic heterocycles. The van der Waals surface area contributed by atoms with E-state index in [-0.39, 0.29) is 6.04 Å². The Morgan fingerprint density at radius 2 is 2.14 bits per heavy atom. The van der Waals surface area contributed by atoms with Crippen LogP contribution in [0.4, 0.5) is 5.69 Å². The van der Waals surface area contributed by atoms with Gasteiger partial charge in [0.2, 0.25) is 0 Å². The third-order valence-corrected chi connectivity index (χ3v) is 3.62. The number of rotatable bonds is 4. The number of hydrogen-bond donors (Lipinski definition) is 2. The van der Waals surface area contributed by atoms with Crippen LogP contribution in [0.5, 0.6) is 0 Å². The molecule has 1 aromatic carbocycles. The van der Waals surface area contributed by atoms with Crippen LogP contribution in [-0.4, -0.2) is 15.0 Å². The summed E-state index contributed by atoms with van der Waals surface area (Å²) in [6, 6.07) is 10.1. The highest BCUT2D eigenvalue weighted by Gasteiger charge is 2.16. The second-order valence-corrected chi connectivity index (χ2v) is 5.77. The van der Waals surface area contributed by atoms with E-state index in [0.717, 1.165) is 21.5 Å². The summed E-state index contributed by atoms with van der Waals surface area (Å²) in [5.41, 5.74) is 3.29. The van der Waals surface area contributed by atoms with Crippen molar-refractivity contribution in [3.05, 3.63) is 76.5 Å². The van der Waals surface area contributed by atoms with Crippen molar-refractivity contribution < 1.29 is 0 Å². The monoisotopic (exact) mass is 342 g/mol. The van der Waals surface area contributed by atoms with Gasteiger partial charge in [0.1, 0.15) is 11.9 Å². The average Bonchev–Trinajstić information content (AvgIpc) is 2.98. The summed E-state index contributed by atoms with van der Waals surface area (Å²) in [7, 11) is 0. The predicted octanol–water partition coefficient (Wildman–Crippen LogP) is 4.08. The maximum atomic E-state index is 4.38. The minimum atomic E-state index is -0.0672. The SMILES string of the molecule is Cc1cc(Br)cc(NC(c2cccnc2)c2ncc[nH]2)c1. The van der Waals surface area contributed by atoms with Crippen molar-refractivity contribution in [2.75, 3.05) is 5.32 Å². The molecule has 5 heteroatoms. The first-order valence-corrected chi connectivity index (χ1v) is 7.44. The largest absolute Gasteiger partial charge is 0.371 e. The Bertz CT molecular complexity index is 690. The van der Waals surface area contributed by atoms with E-state index in [4.69, 9.17) is 0 Å². The molecule has 106 valence electrons. The highest BCUT2D eigenvalue weighted by molar-refractivity contribution is 9.10. The van der Waals surface area contributed by atoms with Gasteiger partial charge in [0.15, 0.2) is 0 Å². The van der Waals surface area contributed by atoms with Crippen molar-refractivity contribution in [1.82, 2.24) is 15.0 Å². The van der Waals surface area contributed by atoms with E-state index in [9.17, 15) is 0 Å². The first kappa shape index (κ1) is 13.8. The molecular formula is C16H15BrN4. The fourth-order valence-corrected chi connectivity index (χ4v) is 2.89. The van der Waals surface area contributed by atoms with Crippen LogP contribution in [0.3, 0.4) is 0 Å². The minimum Gasteiger partial charge on any atom is -0.371 e. The van der Waals surface area contributed by atoms with E-state index in [0.29, 0.717) is 0 Å². The Kier molecular flexibility index (Phi) is 4.01. The molecular weight excluding hydrogens is 328 g/mol. The molecule has 21 heavy (non-hydrogen) atoms. The minimum absolute atomic E-state index is 0.0672. The molecule has 0 saturated heterocycles. The van der Waals surface area contributed by atoms with Gasteiger partial charge in [-0.05, 0) is 36.8 Å². The van der Waals surface area contributed by atoms with Crippen LogP contribution in [0.1, 0.15) is 23.0 Å². The van der Waals surface area contributed by atoms with Gasteiger partial charge in [0, 0.05) is 40.5 Å². The Hall–Kier alpha value is -2.14. The Labute approximate surface area is 131 Å². The number of H-pyrrole nitrogens is 1. The first-order chi connectivity index (χ1) is 10.2. The van der Waals surface area contributed by atoms with E-state index in [1.807, 2.05) is 24.5 Å². The number of aromatic nitrogens is 3. The molecule has 2 heterocycles. The maximum Gasteiger partial charge on any atom is 0.133 e. The summed E-state index contributed by atoms with van der Waals surface area (Å²) in [4.78, 5) is 11.7. The fraction of sp³-hybridized carbons (Fsp3) is 0.125. The number of nitrogens with zero attached hydrogens (tertiary/aromatic N) is 2. The van der Waals surface area contributed by atoms with Crippen LogP contribution in [0.25, 0.3) is 0 Å². The predicted molar refractivity (Wildman–Crippen MR) is 87.2 cm³/mol. The van der Waals surface area contributed by atoms with Gasteiger partial charge in [-0.2, -0.15) is 0 Å². The number of nitrogens with one attached hydrogen (secondary N) is 2. The lowest BCUT2D eigenvalue weighted by Gasteiger charge is -2.18. The van der Waals surface area contributed by atoms with Crippen molar-refractivity contribution in [3.8, 4) is 0 Å². The van der Waals surface area contributed by atoms with Gasteiger partial charge in [0.05, 0.1) is 0 Å². The highest BCUT2D eigenvalue weighted by atomic mass is 79.9. The van der Waals surface area contributed by atoms with Crippen molar-refractivity contribution >= 4 is 21.6 Å². The van der Waals surface area contributed by atoms with Crippen molar-refractivity contribution in [3.63, 3.8) is 0 Å². The normalized spacial score (nSPS) is 12.1. The van der Waals surface area contributed by atoms with Crippen molar-refractivity contribution in [2.45, 2.75) is 13.0 Å². The third-order valence-electron chi connectivity index (χ3n) is 3.16. The molecule has 0 aliphatic rings. The van der Waals surface area contributed by atoms with Crippen LogP contribution in [0, 0.1) is 6.92 Å². The van der Waals surface area contributed by atoms with Gasteiger partial charge < -0.3 is 10.3 Å². The molecule has 0 aliphatic heterocycles. The van der Waals surface area contributed by atoms with Crippen molar-refractivity contribution in [1.29, 1.82) is 0 Å². The third kappa shape index (κ3) is 3.31. The Morgan fingerprint density at radius 1 is 1.24 bits per heavy atom. The first-order valence-electron chi connectivity index (χ1n) is 6.65. The molecule has 2 N–H and O–H groups in total. The number of imidazole rings is 1.